The second kappa shape index (κ2) is 12.5. The molecule has 0 fully saturated rings. The molecule has 0 aliphatic carbocycles. The molecule has 0 N–H and O–H groups in total. The highest BCUT2D eigenvalue weighted by molar-refractivity contribution is 5.78. The van der Waals surface area contributed by atoms with Gasteiger partial charge in [0.1, 0.15) is 18.2 Å². The van der Waals surface area contributed by atoms with E-state index in [0.29, 0.717) is 29.6 Å². The summed E-state index contributed by atoms with van der Waals surface area (Å²) < 4.78 is 49.9. The summed E-state index contributed by atoms with van der Waals surface area (Å²) in [5.74, 6) is 1.79. The molecule has 0 aliphatic rings. The maximum absolute atomic E-state index is 14.0. The zero-order valence-electron chi connectivity index (χ0n) is 26.4. The fourth-order valence-electron chi connectivity index (χ4n) is 5.65. The molecule has 44 heavy (non-hydrogen) atoms. The van der Waals surface area contributed by atoms with Crippen LogP contribution in [0.2, 0.25) is 0 Å². The number of imidazole rings is 1. The molecule has 0 spiro atoms. The van der Waals surface area contributed by atoms with Gasteiger partial charge in [0, 0.05) is 18.5 Å². The van der Waals surface area contributed by atoms with Crippen molar-refractivity contribution in [3.63, 3.8) is 0 Å². The lowest BCUT2D eigenvalue weighted by molar-refractivity contribution is -0.138. The van der Waals surface area contributed by atoms with Gasteiger partial charge in [-0.25, -0.2) is 4.98 Å². The number of ether oxygens (including phenoxy) is 1. The molecular weight excluding hydrogens is 557 g/mol. The van der Waals surface area contributed by atoms with Crippen molar-refractivity contribution < 1.29 is 17.9 Å². The van der Waals surface area contributed by atoms with Crippen LogP contribution in [0.4, 0.5) is 13.2 Å². The second-order valence-electron chi connectivity index (χ2n) is 13.2. The molecule has 1 unspecified atom stereocenters. The highest BCUT2D eigenvalue weighted by Crippen LogP contribution is 2.35. The van der Waals surface area contributed by atoms with Crippen molar-refractivity contribution >= 4 is 11.0 Å². The van der Waals surface area contributed by atoms with E-state index in [-0.39, 0.29) is 23.4 Å². The molecule has 1 aromatic heterocycles. The van der Waals surface area contributed by atoms with Crippen LogP contribution in [0.15, 0.2) is 91.0 Å². The second-order valence-corrected chi connectivity index (χ2v) is 13.2. The number of fused-ring (bicyclic) bond motifs is 1. The van der Waals surface area contributed by atoms with Gasteiger partial charge in [0.2, 0.25) is 0 Å². The average Bonchev–Trinajstić information content (AvgIpc) is 3.32. The van der Waals surface area contributed by atoms with Crippen molar-refractivity contribution in [1.82, 2.24) is 9.55 Å². The van der Waals surface area contributed by atoms with Crippen LogP contribution in [0, 0.1) is 5.92 Å². The van der Waals surface area contributed by atoms with Gasteiger partial charge in [0.15, 0.2) is 0 Å². The van der Waals surface area contributed by atoms with Gasteiger partial charge in [-0.3, -0.25) is 0 Å². The van der Waals surface area contributed by atoms with Crippen LogP contribution in [0.5, 0.6) is 5.75 Å². The molecule has 5 aromatic rings. The Hall–Kier alpha value is -4.06. The molecule has 5 rings (SSSR count). The zero-order chi connectivity index (χ0) is 31.6. The van der Waals surface area contributed by atoms with E-state index in [0.717, 1.165) is 29.1 Å². The molecule has 4 aromatic carbocycles. The maximum atomic E-state index is 14.0. The third-order valence-electron chi connectivity index (χ3n) is 8.14. The fraction of sp³-hybridized carbons (Fsp3) is 0.342. The number of hydrogen-bond donors (Lipinski definition) is 0. The van der Waals surface area contributed by atoms with Gasteiger partial charge >= 0.3 is 6.18 Å². The van der Waals surface area contributed by atoms with Crippen LogP contribution in [0.25, 0.3) is 11.0 Å². The maximum Gasteiger partial charge on any atom is 0.416 e. The molecule has 6 heteroatoms. The van der Waals surface area contributed by atoms with E-state index in [1.165, 1.54) is 17.2 Å². The van der Waals surface area contributed by atoms with Crippen molar-refractivity contribution in [3.8, 4) is 5.75 Å². The van der Waals surface area contributed by atoms with Gasteiger partial charge in [-0.15, -0.1) is 0 Å². The SMILES string of the molecule is CC(C)Cc1ccc(C(C)c2nc3cc(OCc4ccc(C(C)(C)C)cc4)ccc3n2Cc2ccccc2C(F)(F)F)cc1. The van der Waals surface area contributed by atoms with Crippen molar-refractivity contribution in [3.05, 3.63) is 130 Å². The van der Waals surface area contributed by atoms with Crippen LogP contribution in [0.3, 0.4) is 0 Å². The Kier molecular flexibility index (Phi) is 8.92. The monoisotopic (exact) mass is 598 g/mol. The number of nitrogens with zero attached hydrogens (tertiary/aromatic N) is 2. The first kappa shape index (κ1) is 31.4. The molecular formula is C38H41F3N2O. The van der Waals surface area contributed by atoms with E-state index in [2.05, 4.69) is 90.1 Å². The Morgan fingerprint density at radius 1 is 0.795 bits per heavy atom. The first-order chi connectivity index (χ1) is 20.8. The van der Waals surface area contributed by atoms with Crippen LogP contribution in [-0.2, 0) is 31.2 Å². The summed E-state index contributed by atoms with van der Waals surface area (Å²) in [7, 11) is 0. The summed E-state index contributed by atoms with van der Waals surface area (Å²) in [6.07, 6.45) is -3.46. The molecule has 0 saturated carbocycles. The normalized spacial score (nSPS) is 13.0. The van der Waals surface area contributed by atoms with Crippen molar-refractivity contribution in [2.45, 2.75) is 78.6 Å². The van der Waals surface area contributed by atoms with Gasteiger partial charge < -0.3 is 9.30 Å². The minimum atomic E-state index is -4.45. The fourth-order valence-corrected chi connectivity index (χ4v) is 5.65. The Bertz CT molecular complexity index is 1710. The summed E-state index contributed by atoms with van der Waals surface area (Å²) >= 11 is 0. The lowest BCUT2D eigenvalue weighted by Gasteiger charge is -2.19. The number of aromatic nitrogens is 2. The van der Waals surface area contributed by atoms with Gasteiger partial charge in [0.05, 0.1) is 16.6 Å². The van der Waals surface area contributed by atoms with E-state index >= 15 is 0 Å². The number of benzene rings is 4. The molecule has 0 saturated heterocycles. The van der Waals surface area contributed by atoms with Gasteiger partial charge in [-0.05, 0) is 63.8 Å². The summed E-state index contributed by atoms with van der Waals surface area (Å²) in [6, 6.07) is 28.3. The third-order valence-corrected chi connectivity index (χ3v) is 8.14. The van der Waals surface area contributed by atoms with Gasteiger partial charge in [-0.2, -0.15) is 13.2 Å². The quantitative estimate of drug-likeness (QED) is 0.169. The smallest absolute Gasteiger partial charge is 0.416 e. The lowest BCUT2D eigenvalue weighted by atomic mass is 9.87. The van der Waals surface area contributed by atoms with Crippen molar-refractivity contribution in [1.29, 1.82) is 0 Å². The molecule has 0 radical (unpaired) electrons. The molecule has 230 valence electrons. The van der Waals surface area contributed by atoms with Crippen LogP contribution < -0.4 is 4.74 Å². The predicted molar refractivity (Wildman–Crippen MR) is 172 cm³/mol. The van der Waals surface area contributed by atoms with Crippen molar-refractivity contribution in [2.75, 3.05) is 0 Å². The van der Waals surface area contributed by atoms with Crippen LogP contribution >= 0.6 is 0 Å². The molecule has 3 nitrogen and oxygen atoms in total. The van der Waals surface area contributed by atoms with Crippen molar-refractivity contribution in [2.24, 2.45) is 5.92 Å². The number of hydrogen-bond acceptors (Lipinski definition) is 2. The minimum absolute atomic E-state index is 0.0532. The third kappa shape index (κ3) is 7.18. The van der Waals surface area contributed by atoms with E-state index < -0.39 is 11.7 Å². The van der Waals surface area contributed by atoms with E-state index in [1.807, 2.05) is 22.8 Å². The number of rotatable bonds is 9. The summed E-state index contributed by atoms with van der Waals surface area (Å²) in [5.41, 5.74) is 5.76. The summed E-state index contributed by atoms with van der Waals surface area (Å²) in [5, 5.41) is 0. The first-order valence-electron chi connectivity index (χ1n) is 15.3. The van der Waals surface area contributed by atoms with Crippen LogP contribution in [0.1, 0.15) is 86.7 Å². The Morgan fingerprint density at radius 2 is 1.45 bits per heavy atom. The first-order valence-corrected chi connectivity index (χ1v) is 15.3. The number of alkyl halides is 3. The Labute approximate surface area is 258 Å². The molecule has 0 amide bonds. The van der Waals surface area contributed by atoms with E-state index in [4.69, 9.17) is 9.72 Å². The molecule has 1 atom stereocenters. The largest absolute Gasteiger partial charge is 0.489 e. The topological polar surface area (TPSA) is 27.1 Å². The van der Waals surface area contributed by atoms with Gasteiger partial charge in [-0.1, -0.05) is 108 Å². The standard InChI is InChI=1S/C38H41F3N2O/c1-25(2)21-27-11-15-29(16-12-27)26(3)36-42-34-22-32(44-24-28-13-17-31(18-14-28)37(4,5)6)19-20-35(34)43(36)23-30-9-7-8-10-33(30)38(39,40)41/h7-20,22,25-26H,21,23-24H2,1-6H3. The van der Waals surface area contributed by atoms with E-state index in [1.54, 1.807) is 12.1 Å². The predicted octanol–water partition coefficient (Wildman–Crippen LogP) is 10.3. The summed E-state index contributed by atoms with van der Waals surface area (Å²) in [4.78, 5) is 5.00. The van der Waals surface area contributed by atoms with Crippen LogP contribution in [-0.4, -0.2) is 9.55 Å². The molecule has 1 heterocycles. The zero-order valence-corrected chi connectivity index (χ0v) is 26.4. The van der Waals surface area contributed by atoms with Gasteiger partial charge in [0.25, 0.3) is 0 Å². The number of halogens is 3. The van der Waals surface area contributed by atoms with E-state index in [9.17, 15) is 13.2 Å². The molecule has 0 bridgehead atoms. The Morgan fingerprint density at radius 3 is 2.09 bits per heavy atom. The minimum Gasteiger partial charge on any atom is -0.489 e. The average molecular weight is 599 g/mol. The highest BCUT2D eigenvalue weighted by Gasteiger charge is 2.33. The molecule has 0 aliphatic heterocycles. The lowest BCUT2D eigenvalue weighted by Crippen LogP contribution is -2.14. The Balaban J connectivity index is 1.49. The summed E-state index contributed by atoms with van der Waals surface area (Å²) in [6.45, 7) is 13.5. The highest BCUT2D eigenvalue weighted by atomic mass is 19.4.